The minimum absolute atomic E-state index is 0.0622. The highest BCUT2D eigenvalue weighted by Crippen LogP contribution is 2.34. The Morgan fingerprint density at radius 1 is 1.33 bits per heavy atom. The van der Waals surface area contributed by atoms with Gasteiger partial charge >= 0.3 is 5.97 Å². The van der Waals surface area contributed by atoms with Crippen molar-refractivity contribution in [1.29, 1.82) is 0 Å². The monoisotopic (exact) mass is 516 g/mol. The molecule has 1 fully saturated rings. The van der Waals surface area contributed by atoms with Crippen molar-refractivity contribution >= 4 is 39.1 Å². The van der Waals surface area contributed by atoms with Gasteiger partial charge in [-0.3, -0.25) is 9.59 Å². The first-order chi connectivity index (χ1) is 17.1. The van der Waals surface area contributed by atoms with E-state index in [-0.39, 0.29) is 35.7 Å². The third-order valence-electron chi connectivity index (χ3n) is 5.88. The summed E-state index contributed by atoms with van der Waals surface area (Å²) < 4.78 is 20.8. The summed E-state index contributed by atoms with van der Waals surface area (Å²) in [5.74, 6) is -0.243. The number of likely N-dealkylation sites (tertiary alicyclic amines) is 1. The number of fused-ring (bicyclic) bond motifs is 1. The number of benzene rings is 1. The number of carbonyl (C=O) groups excluding carboxylic acids is 2. The van der Waals surface area contributed by atoms with Gasteiger partial charge in [0.1, 0.15) is 11.5 Å². The second-order valence-corrected chi connectivity index (χ2v) is 11.0. The van der Waals surface area contributed by atoms with Gasteiger partial charge in [-0.2, -0.15) is 4.52 Å². The molecule has 1 aliphatic heterocycles. The van der Waals surface area contributed by atoms with Gasteiger partial charge in [-0.1, -0.05) is 23.5 Å². The van der Waals surface area contributed by atoms with Crippen LogP contribution in [0.15, 0.2) is 24.3 Å². The van der Waals surface area contributed by atoms with Crippen molar-refractivity contribution in [1.82, 2.24) is 19.5 Å². The summed E-state index contributed by atoms with van der Waals surface area (Å²) in [7, 11) is 1.81. The van der Waals surface area contributed by atoms with Gasteiger partial charge in [-0.15, -0.1) is 5.10 Å². The van der Waals surface area contributed by atoms with Crippen LogP contribution in [0.5, 0.6) is 0 Å². The topological polar surface area (TPSA) is 92.1 Å². The number of imidazole rings is 1. The van der Waals surface area contributed by atoms with Crippen molar-refractivity contribution in [3.63, 3.8) is 0 Å². The number of ether oxygens (including phenoxy) is 1. The Kier molecular flexibility index (Phi) is 7.49. The lowest BCUT2D eigenvalue weighted by Gasteiger charge is -2.32. The molecule has 0 radical (unpaired) electrons. The van der Waals surface area contributed by atoms with Crippen molar-refractivity contribution in [2.75, 3.05) is 43.5 Å². The first-order valence-corrected chi connectivity index (χ1v) is 13.0. The molecule has 0 spiro atoms. The van der Waals surface area contributed by atoms with Crippen LogP contribution in [0.3, 0.4) is 0 Å². The number of nitrogens with zero attached hydrogens (tertiary/aromatic N) is 5. The SMILES string of the molecule is CCOC(=O)[C@H]1CCCN(C(=O)CN(C)c2nn3c(NC(C)(C)C)c(-c4cccc(F)c4)nc3s2)C1. The van der Waals surface area contributed by atoms with E-state index in [9.17, 15) is 14.0 Å². The van der Waals surface area contributed by atoms with Crippen LogP contribution in [0.4, 0.5) is 15.3 Å². The minimum atomic E-state index is -0.333. The molecule has 0 saturated carbocycles. The van der Waals surface area contributed by atoms with Crippen molar-refractivity contribution < 1.29 is 18.7 Å². The Labute approximate surface area is 214 Å². The van der Waals surface area contributed by atoms with E-state index in [0.29, 0.717) is 46.9 Å². The van der Waals surface area contributed by atoms with Crippen LogP contribution in [0.1, 0.15) is 40.5 Å². The summed E-state index contributed by atoms with van der Waals surface area (Å²) in [6.45, 7) is 9.35. The van der Waals surface area contributed by atoms with E-state index in [2.05, 4.69) is 5.32 Å². The normalized spacial score (nSPS) is 16.3. The third kappa shape index (κ3) is 5.77. The zero-order valence-corrected chi connectivity index (χ0v) is 22.2. The molecule has 1 saturated heterocycles. The second-order valence-electron chi connectivity index (χ2n) is 10.1. The summed E-state index contributed by atoms with van der Waals surface area (Å²) in [6.07, 6.45) is 1.51. The summed E-state index contributed by atoms with van der Waals surface area (Å²) in [5.41, 5.74) is 0.991. The van der Waals surface area contributed by atoms with Gasteiger partial charge in [-0.05, 0) is 52.7 Å². The highest BCUT2D eigenvalue weighted by molar-refractivity contribution is 7.20. The zero-order valence-electron chi connectivity index (χ0n) is 21.4. The van der Waals surface area contributed by atoms with Gasteiger partial charge in [-0.25, -0.2) is 9.37 Å². The highest BCUT2D eigenvalue weighted by Gasteiger charge is 2.30. The van der Waals surface area contributed by atoms with Gasteiger partial charge in [0.2, 0.25) is 16.0 Å². The molecule has 36 heavy (non-hydrogen) atoms. The van der Waals surface area contributed by atoms with Crippen LogP contribution in [-0.4, -0.2) is 70.2 Å². The smallest absolute Gasteiger partial charge is 0.310 e. The summed E-state index contributed by atoms with van der Waals surface area (Å²) in [4.78, 5) is 34.1. The molecule has 2 aromatic heterocycles. The molecule has 0 bridgehead atoms. The number of anilines is 2. The number of hydrogen-bond acceptors (Lipinski definition) is 8. The van der Waals surface area contributed by atoms with Crippen molar-refractivity contribution in [3.8, 4) is 11.3 Å². The van der Waals surface area contributed by atoms with E-state index in [1.807, 2.05) is 33.9 Å². The number of carbonyl (C=O) groups is 2. The first-order valence-electron chi connectivity index (χ1n) is 12.1. The quantitative estimate of drug-likeness (QED) is 0.474. The Morgan fingerprint density at radius 2 is 2.11 bits per heavy atom. The van der Waals surface area contributed by atoms with Crippen molar-refractivity contribution in [2.24, 2.45) is 5.92 Å². The molecule has 1 N–H and O–H groups in total. The number of piperidine rings is 1. The van der Waals surface area contributed by atoms with Gasteiger partial charge in [0.05, 0.1) is 19.1 Å². The summed E-state index contributed by atoms with van der Waals surface area (Å²) in [5, 5.41) is 8.81. The Hall–Kier alpha value is -3.21. The van der Waals surface area contributed by atoms with Crippen molar-refractivity contribution in [3.05, 3.63) is 30.1 Å². The fourth-order valence-corrected chi connectivity index (χ4v) is 5.09. The molecule has 4 rings (SSSR count). The summed E-state index contributed by atoms with van der Waals surface area (Å²) >= 11 is 1.35. The standard InChI is InChI=1S/C25H33FN6O3S/c1-6-35-22(34)17-10-8-12-31(14-17)19(33)15-30(5)24-29-32-21(28-25(2,3)4)20(27-23(32)36-24)16-9-7-11-18(26)13-16/h7,9,11,13,17,28H,6,8,10,12,14-15H2,1-5H3/t17-/m0/s1. The highest BCUT2D eigenvalue weighted by atomic mass is 32.1. The van der Waals surface area contributed by atoms with Gasteiger partial charge in [0, 0.05) is 31.2 Å². The number of esters is 1. The van der Waals surface area contributed by atoms with Gasteiger partial charge < -0.3 is 19.9 Å². The number of halogens is 1. The summed E-state index contributed by atoms with van der Waals surface area (Å²) in [6, 6.07) is 6.33. The third-order valence-corrected chi connectivity index (χ3v) is 6.90. The van der Waals surface area contributed by atoms with Crippen LogP contribution in [-0.2, 0) is 14.3 Å². The number of hydrogen-bond donors (Lipinski definition) is 1. The fraction of sp³-hybridized carbons (Fsp3) is 0.520. The number of aromatic nitrogens is 3. The molecule has 9 nitrogen and oxygen atoms in total. The molecular weight excluding hydrogens is 483 g/mol. The van der Waals surface area contributed by atoms with E-state index in [1.165, 1.54) is 23.5 Å². The Bertz CT molecular complexity index is 1250. The average molecular weight is 517 g/mol. The molecule has 1 aromatic carbocycles. The molecule has 194 valence electrons. The van der Waals surface area contributed by atoms with E-state index in [0.717, 1.165) is 12.8 Å². The van der Waals surface area contributed by atoms with Crippen LogP contribution in [0, 0.1) is 11.7 Å². The molecule has 1 amide bonds. The van der Waals surface area contributed by atoms with E-state index in [1.54, 1.807) is 27.3 Å². The lowest BCUT2D eigenvalue weighted by molar-refractivity contribution is -0.151. The minimum Gasteiger partial charge on any atom is -0.466 e. The maximum absolute atomic E-state index is 13.9. The lowest BCUT2D eigenvalue weighted by Crippen LogP contribution is -2.46. The fourth-order valence-electron chi connectivity index (χ4n) is 4.22. The van der Waals surface area contributed by atoms with Gasteiger partial charge in [0.25, 0.3) is 0 Å². The maximum Gasteiger partial charge on any atom is 0.310 e. The number of amides is 1. The molecule has 3 aromatic rings. The molecular formula is C25H33FN6O3S. The molecule has 3 heterocycles. The van der Waals surface area contributed by atoms with Crippen LogP contribution < -0.4 is 10.2 Å². The molecule has 0 unspecified atom stereocenters. The molecule has 11 heteroatoms. The van der Waals surface area contributed by atoms with E-state index < -0.39 is 0 Å². The van der Waals surface area contributed by atoms with Crippen LogP contribution in [0.2, 0.25) is 0 Å². The molecule has 1 atom stereocenters. The largest absolute Gasteiger partial charge is 0.466 e. The zero-order chi connectivity index (χ0) is 26.0. The second kappa shape index (κ2) is 10.4. The van der Waals surface area contributed by atoms with Crippen LogP contribution in [0.25, 0.3) is 16.2 Å². The van der Waals surface area contributed by atoms with Crippen molar-refractivity contribution in [2.45, 2.75) is 46.1 Å². The lowest BCUT2D eigenvalue weighted by atomic mass is 9.98. The van der Waals surface area contributed by atoms with Gasteiger partial charge in [0.15, 0.2) is 5.82 Å². The maximum atomic E-state index is 13.9. The Morgan fingerprint density at radius 3 is 2.81 bits per heavy atom. The Balaban J connectivity index is 1.54. The van der Waals surface area contributed by atoms with E-state index in [4.69, 9.17) is 14.8 Å². The number of likely N-dealkylation sites (N-methyl/N-ethyl adjacent to an activating group) is 1. The number of rotatable bonds is 7. The number of nitrogens with one attached hydrogen (secondary N) is 1. The molecule has 0 aliphatic carbocycles. The van der Waals surface area contributed by atoms with E-state index >= 15 is 0 Å². The average Bonchev–Trinajstić information content (AvgIpc) is 3.38. The van der Waals surface area contributed by atoms with Crippen LogP contribution >= 0.6 is 11.3 Å². The predicted octanol–water partition coefficient (Wildman–Crippen LogP) is 4.05. The predicted molar refractivity (Wildman–Crippen MR) is 139 cm³/mol. The first kappa shape index (κ1) is 25.9. The molecule has 1 aliphatic rings.